The van der Waals surface area contributed by atoms with Crippen LogP contribution in [0.5, 0.6) is 5.75 Å². The molecule has 0 radical (unpaired) electrons. The zero-order valence-corrected chi connectivity index (χ0v) is 13.2. The van der Waals surface area contributed by atoms with E-state index in [9.17, 15) is 4.79 Å². The van der Waals surface area contributed by atoms with Crippen LogP contribution in [0.1, 0.15) is 17.0 Å². The number of nitrogens with one attached hydrogen (secondary N) is 1. The average molecular weight is 309 g/mol. The molecule has 0 unspecified atom stereocenters. The Morgan fingerprint density at radius 2 is 1.96 bits per heavy atom. The molecule has 3 aromatic rings. The van der Waals surface area contributed by atoms with Crippen LogP contribution in [0.15, 0.2) is 48.7 Å². The van der Waals surface area contributed by atoms with Crippen molar-refractivity contribution in [2.75, 3.05) is 6.61 Å². The molecule has 2 aromatic heterocycles. The highest BCUT2D eigenvalue weighted by atomic mass is 16.5. The number of hydrogen-bond donors (Lipinski definition) is 1. The number of amides is 1. The Balaban J connectivity index is 1.53. The number of aromatic nitrogens is 2. The van der Waals surface area contributed by atoms with E-state index < -0.39 is 0 Å². The lowest BCUT2D eigenvalue weighted by atomic mass is 10.2. The average Bonchev–Trinajstić information content (AvgIpc) is 2.97. The van der Waals surface area contributed by atoms with Crippen molar-refractivity contribution in [1.29, 1.82) is 0 Å². The minimum Gasteiger partial charge on any atom is -0.484 e. The Kier molecular flexibility index (Phi) is 4.28. The minimum absolute atomic E-state index is 0.00450. The highest BCUT2D eigenvalue weighted by molar-refractivity contribution is 5.77. The van der Waals surface area contributed by atoms with E-state index in [0.717, 1.165) is 22.6 Å². The lowest BCUT2D eigenvalue weighted by Gasteiger charge is -2.06. The summed E-state index contributed by atoms with van der Waals surface area (Å²) in [5, 5.41) is 2.82. The maximum atomic E-state index is 11.9. The molecule has 5 nitrogen and oxygen atoms in total. The number of benzene rings is 1. The fourth-order valence-electron chi connectivity index (χ4n) is 2.31. The van der Waals surface area contributed by atoms with E-state index in [2.05, 4.69) is 10.3 Å². The summed E-state index contributed by atoms with van der Waals surface area (Å²) in [7, 11) is 0. The molecule has 0 saturated carbocycles. The molecule has 0 saturated heterocycles. The molecule has 0 aliphatic heterocycles. The number of ether oxygens (including phenoxy) is 1. The summed E-state index contributed by atoms with van der Waals surface area (Å²) in [5.41, 5.74) is 3.97. The van der Waals surface area contributed by atoms with Gasteiger partial charge in [-0.2, -0.15) is 0 Å². The molecule has 1 aromatic carbocycles. The molecule has 0 aliphatic carbocycles. The highest BCUT2D eigenvalue weighted by Crippen LogP contribution is 2.11. The maximum absolute atomic E-state index is 11.9. The molecule has 3 rings (SSSR count). The third-order valence-corrected chi connectivity index (χ3v) is 3.60. The van der Waals surface area contributed by atoms with E-state index >= 15 is 0 Å². The molecule has 23 heavy (non-hydrogen) atoms. The quantitative estimate of drug-likeness (QED) is 0.788. The second-order valence-electron chi connectivity index (χ2n) is 5.51. The first-order valence-electron chi connectivity index (χ1n) is 7.51. The van der Waals surface area contributed by atoms with Crippen LogP contribution in [0.4, 0.5) is 0 Å². The third-order valence-electron chi connectivity index (χ3n) is 3.60. The van der Waals surface area contributed by atoms with Gasteiger partial charge in [0, 0.05) is 11.9 Å². The van der Waals surface area contributed by atoms with Gasteiger partial charge in [-0.15, -0.1) is 0 Å². The molecule has 0 fully saturated rings. The number of carbonyl (C=O) groups excluding carboxylic acids is 1. The number of nitrogens with zero attached hydrogens (tertiary/aromatic N) is 2. The molecule has 0 atom stereocenters. The van der Waals surface area contributed by atoms with E-state index in [1.807, 2.05) is 66.9 Å². The molecular weight excluding hydrogens is 290 g/mol. The van der Waals surface area contributed by atoms with Crippen molar-refractivity contribution in [3.05, 3.63) is 65.6 Å². The van der Waals surface area contributed by atoms with Crippen molar-refractivity contribution >= 4 is 11.6 Å². The zero-order chi connectivity index (χ0) is 16.2. The fraction of sp³-hybridized carbons (Fsp3) is 0.222. The van der Waals surface area contributed by atoms with Crippen molar-refractivity contribution in [2.45, 2.75) is 20.4 Å². The molecule has 0 aliphatic rings. The monoisotopic (exact) mass is 309 g/mol. The maximum Gasteiger partial charge on any atom is 0.258 e. The van der Waals surface area contributed by atoms with E-state index in [1.165, 1.54) is 0 Å². The number of pyridine rings is 1. The topological polar surface area (TPSA) is 55.6 Å². The Morgan fingerprint density at radius 1 is 1.17 bits per heavy atom. The molecule has 1 N–H and O–H groups in total. The van der Waals surface area contributed by atoms with Gasteiger partial charge in [0.1, 0.15) is 11.4 Å². The van der Waals surface area contributed by atoms with Gasteiger partial charge in [0.2, 0.25) is 0 Å². The molecule has 0 spiro atoms. The normalized spacial score (nSPS) is 10.7. The van der Waals surface area contributed by atoms with Crippen LogP contribution < -0.4 is 10.1 Å². The van der Waals surface area contributed by atoms with Gasteiger partial charge in [-0.25, -0.2) is 4.98 Å². The van der Waals surface area contributed by atoms with Crippen molar-refractivity contribution in [1.82, 2.24) is 14.7 Å². The van der Waals surface area contributed by atoms with Crippen LogP contribution in [0.2, 0.25) is 0 Å². The summed E-state index contributed by atoms with van der Waals surface area (Å²) in [6.45, 7) is 4.41. The second kappa shape index (κ2) is 6.52. The summed E-state index contributed by atoms with van der Waals surface area (Å²) in [6, 6.07) is 13.5. The van der Waals surface area contributed by atoms with Crippen molar-refractivity contribution in [3.63, 3.8) is 0 Å². The SMILES string of the molecule is Cc1ccc(OCC(=O)NCc2cn3c(C)cccc3n2)cc1. The fourth-order valence-corrected chi connectivity index (χ4v) is 2.31. The number of fused-ring (bicyclic) bond motifs is 1. The Hall–Kier alpha value is -2.82. The predicted octanol–water partition coefficient (Wildman–Crippen LogP) is 2.65. The van der Waals surface area contributed by atoms with Crippen LogP contribution in [0.25, 0.3) is 5.65 Å². The largest absolute Gasteiger partial charge is 0.484 e. The Morgan fingerprint density at radius 3 is 2.70 bits per heavy atom. The Labute approximate surface area is 134 Å². The summed E-state index contributed by atoms with van der Waals surface area (Å²) < 4.78 is 7.46. The van der Waals surface area contributed by atoms with Crippen LogP contribution in [-0.2, 0) is 11.3 Å². The molecule has 5 heteroatoms. The van der Waals surface area contributed by atoms with E-state index in [0.29, 0.717) is 12.3 Å². The third kappa shape index (κ3) is 3.69. The molecule has 2 heterocycles. The smallest absolute Gasteiger partial charge is 0.258 e. The molecule has 118 valence electrons. The van der Waals surface area contributed by atoms with Crippen molar-refractivity contribution in [3.8, 4) is 5.75 Å². The lowest BCUT2D eigenvalue weighted by molar-refractivity contribution is -0.123. The predicted molar refractivity (Wildman–Crippen MR) is 88.4 cm³/mol. The lowest BCUT2D eigenvalue weighted by Crippen LogP contribution is -2.28. The summed E-state index contributed by atoms with van der Waals surface area (Å²) in [5.74, 6) is 0.522. The van der Waals surface area contributed by atoms with E-state index in [-0.39, 0.29) is 12.5 Å². The minimum atomic E-state index is -0.167. The number of carbonyl (C=O) groups is 1. The van der Waals surface area contributed by atoms with Gasteiger partial charge in [-0.3, -0.25) is 4.79 Å². The van der Waals surface area contributed by atoms with Gasteiger partial charge in [0.15, 0.2) is 6.61 Å². The molecule has 0 bridgehead atoms. The van der Waals surface area contributed by atoms with Crippen molar-refractivity contribution in [2.24, 2.45) is 0 Å². The van der Waals surface area contributed by atoms with Crippen LogP contribution in [0.3, 0.4) is 0 Å². The Bertz CT molecular complexity index is 822. The zero-order valence-electron chi connectivity index (χ0n) is 13.2. The first kappa shape index (κ1) is 15.1. The first-order chi connectivity index (χ1) is 11.1. The van der Waals surface area contributed by atoms with Crippen LogP contribution in [-0.4, -0.2) is 21.9 Å². The number of rotatable bonds is 5. The van der Waals surface area contributed by atoms with Gasteiger partial charge in [-0.05, 0) is 38.1 Å². The van der Waals surface area contributed by atoms with Crippen LogP contribution >= 0.6 is 0 Å². The van der Waals surface area contributed by atoms with Gasteiger partial charge >= 0.3 is 0 Å². The van der Waals surface area contributed by atoms with Crippen molar-refractivity contribution < 1.29 is 9.53 Å². The van der Waals surface area contributed by atoms with Gasteiger partial charge in [0.25, 0.3) is 5.91 Å². The van der Waals surface area contributed by atoms with Gasteiger partial charge in [-0.1, -0.05) is 23.8 Å². The number of imidazole rings is 1. The van der Waals surface area contributed by atoms with Crippen LogP contribution in [0, 0.1) is 13.8 Å². The highest BCUT2D eigenvalue weighted by Gasteiger charge is 2.06. The number of hydrogen-bond acceptors (Lipinski definition) is 3. The van der Waals surface area contributed by atoms with E-state index in [4.69, 9.17) is 4.74 Å². The van der Waals surface area contributed by atoms with Gasteiger partial charge in [0.05, 0.1) is 12.2 Å². The summed E-state index contributed by atoms with van der Waals surface area (Å²) in [6.07, 6.45) is 1.94. The standard InChI is InChI=1S/C18H19N3O2/c1-13-6-8-16(9-7-13)23-12-18(22)19-10-15-11-21-14(2)4-3-5-17(21)20-15/h3-9,11H,10,12H2,1-2H3,(H,19,22). The molecular formula is C18H19N3O2. The van der Waals surface area contributed by atoms with Gasteiger partial charge < -0.3 is 14.5 Å². The summed E-state index contributed by atoms with van der Waals surface area (Å²) in [4.78, 5) is 16.3. The van der Waals surface area contributed by atoms with E-state index in [1.54, 1.807) is 0 Å². The summed E-state index contributed by atoms with van der Waals surface area (Å²) >= 11 is 0. The second-order valence-corrected chi connectivity index (χ2v) is 5.51. The molecule has 1 amide bonds. The number of aryl methyl sites for hydroxylation is 2. The first-order valence-corrected chi connectivity index (χ1v) is 7.51.